The SMILES string of the molecule is Cc1cccc(CNC(=O)[C@H]2CCCN(c3nc4ccc(Cl)cc4[nH]3)C2)c1. The van der Waals surface area contributed by atoms with Crippen molar-refractivity contribution in [2.24, 2.45) is 5.92 Å². The summed E-state index contributed by atoms with van der Waals surface area (Å²) in [6.45, 7) is 4.20. The summed E-state index contributed by atoms with van der Waals surface area (Å²) in [6.07, 6.45) is 1.88. The normalized spacial score (nSPS) is 17.3. The highest BCUT2D eigenvalue weighted by molar-refractivity contribution is 6.31. The first kappa shape index (κ1) is 17.9. The van der Waals surface area contributed by atoms with Crippen LogP contribution in [0.2, 0.25) is 5.02 Å². The van der Waals surface area contributed by atoms with E-state index in [-0.39, 0.29) is 11.8 Å². The molecule has 0 saturated carbocycles. The number of carbonyl (C=O) groups is 1. The zero-order chi connectivity index (χ0) is 18.8. The molecule has 0 aliphatic carbocycles. The molecule has 4 rings (SSSR count). The molecule has 1 aliphatic rings. The Morgan fingerprint density at radius 1 is 1.33 bits per heavy atom. The van der Waals surface area contributed by atoms with Gasteiger partial charge in [-0.05, 0) is 43.5 Å². The molecular formula is C21H23ClN4O. The summed E-state index contributed by atoms with van der Waals surface area (Å²) in [5, 5.41) is 3.77. The zero-order valence-corrected chi connectivity index (χ0v) is 16.1. The van der Waals surface area contributed by atoms with Crippen LogP contribution in [0.1, 0.15) is 24.0 Å². The van der Waals surface area contributed by atoms with E-state index in [1.807, 2.05) is 30.3 Å². The molecular weight excluding hydrogens is 360 g/mol. The third-order valence-corrected chi connectivity index (χ3v) is 5.31. The third-order valence-electron chi connectivity index (χ3n) is 5.07. The van der Waals surface area contributed by atoms with Gasteiger partial charge in [0.05, 0.1) is 17.0 Å². The topological polar surface area (TPSA) is 61.0 Å². The van der Waals surface area contributed by atoms with Crippen molar-refractivity contribution in [2.75, 3.05) is 18.0 Å². The average molecular weight is 383 g/mol. The fourth-order valence-corrected chi connectivity index (χ4v) is 3.83. The Balaban J connectivity index is 1.41. The summed E-state index contributed by atoms with van der Waals surface area (Å²) in [7, 11) is 0. The van der Waals surface area contributed by atoms with Gasteiger partial charge in [-0.3, -0.25) is 4.79 Å². The number of nitrogens with zero attached hydrogens (tertiary/aromatic N) is 2. The molecule has 1 aromatic heterocycles. The van der Waals surface area contributed by atoms with Gasteiger partial charge in [-0.15, -0.1) is 0 Å². The number of halogens is 1. The minimum absolute atomic E-state index is 0.0274. The van der Waals surface area contributed by atoms with E-state index in [0.717, 1.165) is 41.9 Å². The molecule has 2 heterocycles. The second kappa shape index (κ2) is 7.61. The second-order valence-electron chi connectivity index (χ2n) is 7.21. The molecule has 6 heteroatoms. The number of benzene rings is 2. The molecule has 2 N–H and O–H groups in total. The first-order valence-electron chi connectivity index (χ1n) is 9.32. The van der Waals surface area contributed by atoms with Gasteiger partial charge in [0.15, 0.2) is 0 Å². The van der Waals surface area contributed by atoms with Crippen molar-refractivity contribution in [3.8, 4) is 0 Å². The van der Waals surface area contributed by atoms with Crippen LogP contribution >= 0.6 is 11.6 Å². The molecule has 3 aromatic rings. The molecule has 27 heavy (non-hydrogen) atoms. The predicted octanol–water partition coefficient (Wildman–Crippen LogP) is 4.06. The van der Waals surface area contributed by atoms with Crippen molar-refractivity contribution in [2.45, 2.75) is 26.3 Å². The molecule has 1 aliphatic heterocycles. The fourth-order valence-electron chi connectivity index (χ4n) is 3.66. The van der Waals surface area contributed by atoms with Gasteiger partial charge in [-0.25, -0.2) is 4.98 Å². The van der Waals surface area contributed by atoms with Crippen LogP contribution in [0.3, 0.4) is 0 Å². The molecule has 2 aromatic carbocycles. The van der Waals surface area contributed by atoms with Gasteiger partial charge in [0.25, 0.3) is 0 Å². The molecule has 5 nitrogen and oxygen atoms in total. The lowest BCUT2D eigenvalue weighted by Crippen LogP contribution is -2.43. The van der Waals surface area contributed by atoms with Crippen LogP contribution in [0.4, 0.5) is 5.95 Å². The monoisotopic (exact) mass is 382 g/mol. The first-order chi connectivity index (χ1) is 13.1. The van der Waals surface area contributed by atoms with E-state index < -0.39 is 0 Å². The minimum Gasteiger partial charge on any atom is -0.352 e. The number of hydrogen-bond acceptors (Lipinski definition) is 3. The molecule has 1 saturated heterocycles. The van der Waals surface area contributed by atoms with Gasteiger partial charge >= 0.3 is 0 Å². The third kappa shape index (κ3) is 4.08. The lowest BCUT2D eigenvalue weighted by molar-refractivity contribution is -0.125. The lowest BCUT2D eigenvalue weighted by Gasteiger charge is -2.31. The number of imidazole rings is 1. The number of fused-ring (bicyclic) bond motifs is 1. The molecule has 0 spiro atoms. The van der Waals surface area contributed by atoms with Gasteiger partial charge in [0.2, 0.25) is 11.9 Å². The Hall–Kier alpha value is -2.53. The highest BCUT2D eigenvalue weighted by atomic mass is 35.5. The van der Waals surface area contributed by atoms with Crippen molar-refractivity contribution >= 4 is 34.5 Å². The van der Waals surface area contributed by atoms with E-state index in [4.69, 9.17) is 11.6 Å². The van der Waals surface area contributed by atoms with E-state index >= 15 is 0 Å². The van der Waals surface area contributed by atoms with Crippen LogP contribution in [-0.4, -0.2) is 29.0 Å². The van der Waals surface area contributed by atoms with Gasteiger partial charge in [0.1, 0.15) is 0 Å². The number of rotatable bonds is 4. The van der Waals surface area contributed by atoms with Crippen LogP contribution < -0.4 is 10.2 Å². The molecule has 1 fully saturated rings. The standard InChI is InChI=1S/C21H23ClN4O/c1-14-4-2-5-15(10-14)12-23-20(27)16-6-3-9-26(13-16)21-24-18-8-7-17(22)11-19(18)25-21/h2,4-5,7-8,10-11,16H,3,6,9,12-13H2,1H3,(H,23,27)(H,24,25)/t16-/m0/s1. The molecule has 1 atom stereocenters. The van der Waals surface area contributed by atoms with Gasteiger partial charge in [0, 0.05) is 24.7 Å². The van der Waals surface area contributed by atoms with Crippen LogP contribution in [-0.2, 0) is 11.3 Å². The highest BCUT2D eigenvalue weighted by Gasteiger charge is 2.27. The Kier molecular flexibility index (Phi) is 5.03. The highest BCUT2D eigenvalue weighted by Crippen LogP contribution is 2.25. The van der Waals surface area contributed by atoms with E-state index in [0.29, 0.717) is 18.1 Å². The minimum atomic E-state index is -0.0274. The Labute approximate surface area is 163 Å². The van der Waals surface area contributed by atoms with E-state index in [9.17, 15) is 4.79 Å². The molecule has 1 amide bonds. The second-order valence-corrected chi connectivity index (χ2v) is 7.65. The molecule has 0 unspecified atom stereocenters. The maximum atomic E-state index is 12.7. The van der Waals surface area contributed by atoms with Crippen molar-refractivity contribution in [3.05, 3.63) is 58.6 Å². The summed E-state index contributed by atoms with van der Waals surface area (Å²) in [5.74, 6) is 0.893. The van der Waals surface area contributed by atoms with E-state index in [1.54, 1.807) is 0 Å². The van der Waals surface area contributed by atoms with Crippen LogP contribution in [0.5, 0.6) is 0 Å². The number of aromatic amines is 1. The van der Waals surface area contributed by atoms with Gasteiger partial charge in [-0.2, -0.15) is 0 Å². The number of nitrogens with one attached hydrogen (secondary N) is 2. The Morgan fingerprint density at radius 2 is 2.22 bits per heavy atom. The van der Waals surface area contributed by atoms with Crippen molar-refractivity contribution in [1.29, 1.82) is 0 Å². The van der Waals surface area contributed by atoms with E-state index in [1.165, 1.54) is 5.56 Å². The smallest absolute Gasteiger partial charge is 0.225 e. The number of amides is 1. The van der Waals surface area contributed by atoms with E-state index in [2.05, 4.69) is 39.2 Å². The predicted molar refractivity (Wildman–Crippen MR) is 109 cm³/mol. The fraction of sp³-hybridized carbons (Fsp3) is 0.333. The number of piperidine rings is 1. The summed E-state index contributed by atoms with van der Waals surface area (Å²) in [4.78, 5) is 22.8. The number of H-pyrrole nitrogens is 1. The number of hydrogen-bond donors (Lipinski definition) is 2. The maximum Gasteiger partial charge on any atom is 0.225 e. The maximum absolute atomic E-state index is 12.7. The van der Waals surface area contributed by atoms with Crippen molar-refractivity contribution in [3.63, 3.8) is 0 Å². The summed E-state index contributed by atoms with van der Waals surface area (Å²) in [6, 6.07) is 13.9. The summed E-state index contributed by atoms with van der Waals surface area (Å²) in [5.41, 5.74) is 4.14. The average Bonchev–Trinajstić information content (AvgIpc) is 3.09. The van der Waals surface area contributed by atoms with Crippen molar-refractivity contribution in [1.82, 2.24) is 15.3 Å². The van der Waals surface area contributed by atoms with Crippen LogP contribution in [0.25, 0.3) is 11.0 Å². The Bertz CT molecular complexity index is 968. The molecule has 140 valence electrons. The number of aryl methyl sites for hydroxylation is 1. The molecule has 0 bridgehead atoms. The Morgan fingerprint density at radius 3 is 3.07 bits per heavy atom. The lowest BCUT2D eigenvalue weighted by atomic mass is 9.97. The summed E-state index contributed by atoms with van der Waals surface area (Å²) < 4.78 is 0. The first-order valence-corrected chi connectivity index (χ1v) is 9.70. The number of anilines is 1. The van der Waals surface area contributed by atoms with Gasteiger partial charge in [-0.1, -0.05) is 41.4 Å². The van der Waals surface area contributed by atoms with Crippen LogP contribution in [0.15, 0.2) is 42.5 Å². The number of carbonyl (C=O) groups excluding carboxylic acids is 1. The number of aromatic nitrogens is 2. The summed E-state index contributed by atoms with van der Waals surface area (Å²) >= 11 is 6.06. The largest absolute Gasteiger partial charge is 0.352 e. The van der Waals surface area contributed by atoms with Gasteiger partial charge < -0.3 is 15.2 Å². The molecule has 0 radical (unpaired) electrons. The quantitative estimate of drug-likeness (QED) is 0.715. The van der Waals surface area contributed by atoms with Crippen LogP contribution in [0, 0.1) is 12.8 Å². The van der Waals surface area contributed by atoms with Crippen molar-refractivity contribution < 1.29 is 4.79 Å². The zero-order valence-electron chi connectivity index (χ0n) is 15.3.